The zero-order valence-electron chi connectivity index (χ0n) is 24.0. The highest BCUT2D eigenvalue weighted by Crippen LogP contribution is 2.26. The van der Waals surface area contributed by atoms with Gasteiger partial charge in [-0.1, -0.05) is 107 Å². The van der Waals surface area contributed by atoms with E-state index in [-0.39, 0.29) is 12.3 Å². The second-order valence-electron chi connectivity index (χ2n) is 10.7. The van der Waals surface area contributed by atoms with E-state index >= 15 is 0 Å². The van der Waals surface area contributed by atoms with Gasteiger partial charge in [0, 0.05) is 23.0 Å². The summed E-state index contributed by atoms with van der Waals surface area (Å²) < 4.78 is 5.91. The first-order chi connectivity index (χ1) is 19.0. The number of carbonyl (C=O) groups is 1. The van der Waals surface area contributed by atoms with Crippen LogP contribution in [0.25, 0.3) is 0 Å². The van der Waals surface area contributed by atoms with Crippen LogP contribution in [0.15, 0.2) is 53.6 Å². The van der Waals surface area contributed by atoms with Gasteiger partial charge in [0.2, 0.25) is 5.91 Å². The Kier molecular flexibility index (Phi) is 14.7. The SMILES string of the molecule is CCCCCCCCCCCCCCOc1ccc(CC(=O)Nc2ccc(CN3CSC=C3C)cc2)c(Cl)c1. The first kappa shape index (κ1) is 31.4. The van der Waals surface area contributed by atoms with Crippen LogP contribution in [0.3, 0.4) is 0 Å². The van der Waals surface area contributed by atoms with Crippen molar-refractivity contribution < 1.29 is 9.53 Å². The van der Waals surface area contributed by atoms with Crippen molar-refractivity contribution >= 4 is 35.0 Å². The number of hydrogen-bond acceptors (Lipinski definition) is 4. The van der Waals surface area contributed by atoms with E-state index in [4.69, 9.17) is 16.3 Å². The predicted octanol–water partition coefficient (Wildman–Crippen LogP) is 9.97. The minimum atomic E-state index is -0.0791. The van der Waals surface area contributed by atoms with Gasteiger partial charge in [-0.3, -0.25) is 4.79 Å². The van der Waals surface area contributed by atoms with Crippen molar-refractivity contribution in [3.8, 4) is 5.75 Å². The number of carbonyl (C=O) groups excluding carboxylic acids is 1. The summed E-state index contributed by atoms with van der Waals surface area (Å²) in [5, 5.41) is 5.75. The van der Waals surface area contributed by atoms with Gasteiger partial charge >= 0.3 is 0 Å². The molecule has 1 amide bonds. The van der Waals surface area contributed by atoms with Gasteiger partial charge in [0.15, 0.2) is 0 Å². The Morgan fingerprint density at radius 3 is 2.15 bits per heavy atom. The molecule has 0 aliphatic carbocycles. The van der Waals surface area contributed by atoms with Crippen LogP contribution in [0.4, 0.5) is 5.69 Å². The normalized spacial score (nSPS) is 13.0. The molecule has 1 heterocycles. The second-order valence-corrected chi connectivity index (χ2v) is 11.9. The molecule has 0 radical (unpaired) electrons. The maximum Gasteiger partial charge on any atom is 0.228 e. The molecular weight excluding hydrogens is 524 g/mol. The number of halogens is 1. The first-order valence-corrected chi connectivity index (χ1v) is 16.3. The topological polar surface area (TPSA) is 41.6 Å². The average Bonchev–Trinajstić information content (AvgIpc) is 3.33. The van der Waals surface area contributed by atoms with E-state index in [2.05, 4.69) is 41.6 Å². The molecule has 0 spiro atoms. The number of anilines is 1. The summed E-state index contributed by atoms with van der Waals surface area (Å²) >= 11 is 8.30. The fourth-order valence-electron chi connectivity index (χ4n) is 4.78. The molecule has 3 rings (SSSR count). The predicted molar refractivity (Wildman–Crippen MR) is 169 cm³/mol. The van der Waals surface area contributed by atoms with Crippen LogP contribution >= 0.6 is 23.4 Å². The third kappa shape index (κ3) is 12.3. The monoisotopic (exact) mass is 570 g/mol. The van der Waals surface area contributed by atoms with Crippen molar-refractivity contribution in [1.82, 2.24) is 4.90 Å². The molecule has 1 aliphatic rings. The molecule has 1 N–H and O–H groups in total. The third-order valence-corrected chi connectivity index (χ3v) is 8.56. The Morgan fingerprint density at radius 2 is 1.56 bits per heavy atom. The Balaban J connectivity index is 1.27. The molecular formula is C33H47ClN2O2S. The average molecular weight is 571 g/mol. The van der Waals surface area contributed by atoms with E-state index < -0.39 is 0 Å². The molecule has 0 fully saturated rings. The quantitative estimate of drug-likeness (QED) is 0.171. The van der Waals surface area contributed by atoms with Gasteiger partial charge in [0.1, 0.15) is 5.75 Å². The van der Waals surface area contributed by atoms with Crippen LogP contribution in [-0.4, -0.2) is 23.3 Å². The van der Waals surface area contributed by atoms with Crippen molar-refractivity contribution in [3.63, 3.8) is 0 Å². The summed E-state index contributed by atoms with van der Waals surface area (Å²) in [4.78, 5) is 15.0. The number of nitrogens with zero attached hydrogens (tertiary/aromatic N) is 1. The zero-order chi connectivity index (χ0) is 27.7. The van der Waals surface area contributed by atoms with E-state index in [1.807, 2.05) is 42.1 Å². The summed E-state index contributed by atoms with van der Waals surface area (Å²) in [7, 11) is 0. The number of unbranched alkanes of at least 4 members (excludes halogenated alkanes) is 11. The largest absolute Gasteiger partial charge is 0.494 e. The number of rotatable bonds is 19. The van der Waals surface area contributed by atoms with Crippen LogP contribution in [0.2, 0.25) is 5.02 Å². The number of hydrogen-bond donors (Lipinski definition) is 1. The molecule has 6 heteroatoms. The summed E-state index contributed by atoms with van der Waals surface area (Å²) in [5.41, 5.74) is 4.13. The molecule has 39 heavy (non-hydrogen) atoms. The number of allylic oxidation sites excluding steroid dienone is 1. The highest BCUT2D eigenvalue weighted by molar-refractivity contribution is 8.02. The van der Waals surface area contributed by atoms with Gasteiger partial charge in [0.25, 0.3) is 0 Å². The summed E-state index contributed by atoms with van der Waals surface area (Å²) in [6, 6.07) is 13.7. The van der Waals surface area contributed by atoms with Crippen molar-refractivity contribution in [2.24, 2.45) is 0 Å². The number of thioether (sulfide) groups is 1. The van der Waals surface area contributed by atoms with Crippen molar-refractivity contribution in [2.75, 3.05) is 17.8 Å². The lowest BCUT2D eigenvalue weighted by atomic mass is 10.1. The molecule has 0 unspecified atom stereocenters. The fourth-order valence-corrected chi connectivity index (χ4v) is 5.96. The maximum atomic E-state index is 12.6. The Bertz CT molecular complexity index is 1020. The molecule has 0 bridgehead atoms. The number of benzene rings is 2. The Morgan fingerprint density at radius 1 is 0.923 bits per heavy atom. The molecule has 2 aromatic rings. The standard InChI is InChI=1S/C33H47ClN2O2S/c1-3-4-5-6-7-8-9-10-11-12-13-14-21-38-31-20-17-29(32(34)23-31)22-33(37)35-30-18-15-28(16-19-30)24-36-26-39-25-27(36)2/h15-20,23,25H,3-14,21-22,24,26H2,1-2H3,(H,35,37). The van der Waals surface area contributed by atoms with Gasteiger partial charge in [-0.15, -0.1) is 11.8 Å². The van der Waals surface area contributed by atoms with Gasteiger partial charge in [-0.25, -0.2) is 0 Å². The third-order valence-electron chi connectivity index (χ3n) is 7.24. The first-order valence-electron chi connectivity index (χ1n) is 14.9. The molecule has 1 aliphatic heterocycles. The van der Waals surface area contributed by atoms with Gasteiger partial charge in [-0.05, 0) is 54.1 Å². The van der Waals surface area contributed by atoms with Crippen LogP contribution < -0.4 is 10.1 Å². The molecule has 0 saturated heterocycles. The maximum absolute atomic E-state index is 12.6. The van der Waals surface area contributed by atoms with Crippen LogP contribution in [0.1, 0.15) is 102 Å². The van der Waals surface area contributed by atoms with Gasteiger partial charge in [-0.2, -0.15) is 0 Å². The lowest BCUT2D eigenvalue weighted by Crippen LogP contribution is -2.17. The van der Waals surface area contributed by atoms with Crippen molar-refractivity contribution in [3.05, 3.63) is 69.7 Å². The molecule has 4 nitrogen and oxygen atoms in total. The van der Waals surface area contributed by atoms with E-state index in [0.717, 1.165) is 35.8 Å². The van der Waals surface area contributed by atoms with Crippen LogP contribution in [0.5, 0.6) is 5.75 Å². The second kappa shape index (κ2) is 18.3. The van der Waals surface area contributed by atoms with Crippen LogP contribution in [0, 0.1) is 0 Å². The van der Waals surface area contributed by atoms with Crippen LogP contribution in [-0.2, 0) is 17.8 Å². The smallest absolute Gasteiger partial charge is 0.228 e. The minimum absolute atomic E-state index is 0.0791. The number of nitrogens with one attached hydrogen (secondary N) is 1. The molecule has 0 saturated carbocycles. The lowest BCUT2D eigenvalue weighted by Gasteiger charge is -2.19. The highest BCUT2D eigenvalue weighted by Gasteiger charge is 2.12. The Hall–Kier alpha value is -2.11. The molecule has 2 aromatic carbocycles. The van der Waals surface area contributed by atoms with Crippen molar-refractivity contribution in [1.29, 1.82) is 0 Å². The van der Waals surface area contributed by atoms with E-state index in [9.17, 15) is 4.79 Å². The summed E-state index contributed by atoms with van der Waals surface area (Å²) in [6.07, 6.45) is 16.2. The molecule has 214 valence electrons. The van der Waals surface area contributed by atoms with E-state index in [1.54, 1.807) is 0 Å². The van der Waals surface area contributed by atoms with Gasteiger partial charge in [0.05, 0.1) is 18.9 Å². The summed E-state index contributed by atoms with van der Waals surface area (Å²) in [6.45, 7) is 6.00. The number of amides is 1. The number of ether oxygens (including phenoxy) is 1. The van der Waals surface area contributed by atoms with Gasteiger partial charge < -0.3 is 15.0 Å². The van der Waals surface area contributed by atoms with E-state index in [1.165, 1.54) is 81.9 Å². The highest BCUT2D eigenvalue weighted by atomic mass is 35.5. The zero-order valence-corrected chi connectivity index (χ0v) is 25.6. The molecule has 0 aromatic heterocycles. The van der Waals surface area contributed by atoms with Crippen molar-refractivity contribution in [2.45, 2.75) is 104 Å². The molecule has 0 atom stereocenters. The fraction of sp³-hybridized carbons (Fsp3) is 0.545. The van der Waals surface area contributed by atoms with E-state index in [0.29, 0.717) is 11.6 Å². The Labute approximate surface area is 245 Å². The minimum Gasteiger partial charge on any atom is -0.494 e. The summed E-state index contributed by atoms with van der Waals surface area (Å²) in [5.74, 6) is 1.68. The lowest BCUT2D eigenvalue weighted by molar-refractivity contribution is -0.115.